The molecule has 0 aliphatic heterocycles. The van der Waals surface area contributed by atoms with E-state index in [1.165, 1.54) is 18.2 Å². The summed E-state index contributed by atoms with van der Waals surface area (Å²) in [7, 11) is 0. The van der Waals surface area contributed by atoms with Gasteiger partial charge in [0.1, 0.15) is 11.4 Å². The van der Waals surface area contributed by atoms with E-state index in [1.807, 2.05) is 6.92 Å². The highest BCUT2D eigenvalue weighted by atomic mass is 32.1. The van der Waals surface area contributed by atoms with Crippen LogP contribution in [0.3, 0.4) is 0 Å². The van der Waals surface area contributed by atoms with Crippen LogP contribution in [-0.2, 0) is 0 Å². The molecule has 0 bridgehead atoms. The van der Waals surface area contributed by atoms with Crippen molar-refractivity contribution in [1.29, 1.82) is 0 Å². The summed E-state index contributed by atoms with van der Waals surface area (Å²) in [5, 5.41) is 3.30. The topological polar surface area (TPSA) is 72.2 Å². The number of carbonyl (C=O) groups is 1. The van der Waals surface area contributed by atoms with Crippen LogP contribution < -0.4 is 10.7 Å². The third-order valence-electron chi connectivity index (χ3n) is 3.68. The van der Waals surface area contributed by atoms with E-state index in [0.29, 0.717) is 26.3 Å². The molecular weight excluding hydrogens is 343 g/mol. The van der Waals surface area contributed by atoms with Crippen molar-refractivity contribution in [3.8, 4) is 0 Å². The van der Waals surface area contributed by atoms with Gasteiger partial charge in [-0.15, -0.1) is 0 Å². The van der Waals surface area contributed by atoms with E-state index in [9.17, 15) is 14.0 Å². The number of aryl methyl sites for hydroxylation is 1. The Balaban J connectivity index is 1.70. The number of thiazole rings is 1. The van der Waals surface area contributed by atoms with Crippen molar-refractivity contribution in [1.82, 2.24) is 4.98 Å². The Morgan fingerprint density at radius 2 is 2.04 bits per heavy atom. The first-order chi connectivity index (χ1) is 12.0. The number of rotatable bonds is 2. The molecule has 124 valence electrons. The van der Waals surface area contributed by atoms with Gasteiger partial charge in [-0.1, -0.05) is 17.4 Å². The second kappa shape index (κ2) is 5.78. The van der Waals surface area contributed by atoms with Gasteiger partial charge in [0.25, 0.3) is 5.91 Å². The standard InChI is InChI=1S/C18H11FN2O3S/c1-9-2-4-11-13(22)8-15(24-14(11)6-9)17(23)21-18-20-12-5-3-10(19)7-16(12)25-18/h2-8H,1H3,(H,20,21,23). The van der Waals surface area contributed by atoms with Crippen LogP contribution in [0.4, 0.5) is 9.52 Å². The van der Waals surface area contributed by atoms with E-state index in [4.69, 9.17) is 4.42 Å². The fourth-order valence-corrected chi connectivity index (χ4v) is 3.37. The van der Waals surface area contributed by atoms with Crippen LogP contribution in [0.2, 0.25) is 0 Å². The monoisotopic (exact) mass is 354 g/mol. The molecule has 2 aromatic heterocycles. The molecule has 0 aliphatic rings. The maximum Gasteiger partial charge on any atom is 0.293 e. The molecule has 0 fully saturated rings. The van der Waals surface area contributed by atoms with E-state index >= 15 is 0 Å². The summed E-state index contributed by atoms with van der Waals surface area (Å²) in [6, 6.07) is 10.5. The third-order valence-corrected chi connectivity index (χ3v) is 4.61. The molecule has 2 aromatic carbocycles. The summed E-state index contributed by atoms with van der Waals surface area (Å²) < 4.78 is 19.4. The summed E-state index contributed by atoms with van der Waals surface area (Å²) in [6.45, 7) is 1.87. The van der Waals surface area contributed by atoms with E-state index < -0.39 is 5.91 Å². The first-order valence-electron chi connectivity index (χ1n) is 7.41. The molecular formula is C18H11FN2O3S. The second-order valence-corrected chi connectivity index (χ2v) is 6.59. The Labute approximate surface area is 144 Å². The molecule has 1 N–H and O–H groups in total. The normalized spacial score (nSPS) is 11.1. The largest absolute Gasteiger partial charge is 0.451 e. The predicted molar refractivity (Wildman–Crippen MR) is 94.8 cm³/mol. The summed E-state index contributed by atoms with van der Waals surface area (Å²) in [6.07, 6.45) is 0. The number of carbonyl (C=O) groups excluding carboxylic acids is 1. The van der Waals surface area contributed by atoms with E-state index in [1.54, 1.807) is 18.2 Å². The Bertz CT molecular complexity index is 1200. The lowest BCUT2D eigenvalue weighted by molar-refractivity contribution is 0.0997. The zero-order valence-corrected chi connectivity index (χ0v) is 13.8. The SMILES string of the molecule is Cc1ccc2c(=O)cc(C(=O)Nc3nc4ccc(F)cc4s3)oc2c1. The van der Waals surface area contributed by atoms with Crippen molar-refractivity contribution in [3.05, 3.63) is 69.8 Å². The molecule has 0 atom stereocenters. The van der Waals surface area contributed by atoms with Crippen molar-refractivity contribution < 1.29 is 13.6 Å². The quantitative estimate of drug-likeness (QED) is 0.588. The van der Waals surface area contributed by atoms with Crippen LogP contribution in [-0.4, -0.2) is 10.9 Å². The van der Waals surface area contributed by atoms with Gasteiger partial charge in [-0.2, -0.15) is 0 Å². The van der Waals surface area contributed by atoms with Gasteiger partial charge in [-0.25, -0.2) is 9.37 Å². The van der Waals surface area contributed by atoms with Gasteiger partial charge in [0, 0.05) is 6.07 Å². The van der Waals surface area contributed by atoms with Crippen LogP contribution in [0.1, 0.15) is 16.1 Å². The van der Waals surface area contributed by atoms with Crippen LogP contribution in [0, 0.1) is 12.7 Å². The number of amides is 1. The van der Waals surface area contributed by atoms with E-state index in [2.05, 4.69) is 10.3 Å². The molecule has 0 saturated carbocycles. The zero-order chi connectivity index (χ0) is 17.6. The maximum atomic E-state index is 13.2. The lowest BCUT2D eigenvalue weighted by Gasteiger charge is -2.03. The lowest BCUT2D eigenvalue weighted by atomic mass is 10.1. The molecule has 4 rings (SSSR count). The highest BCUT2D eigenvalue weighted by Crippen LogP contribution is 2.27. The minimum atomic E-state index is -0.583. The van der Waals surface area contributed by atoms with Gasteiger partial charge in [-0.3, -0.25) is 14.9 Å². The van der Waals surface area contributed by atoms with Crippen LogP contribution >= 0.6 is 11.3 Å². The molecule has 4 aromatic rings. The molecule has 2 heterocycles. The summed E-state index contributed by atoms with van der Waals surface area (Å²) in [5.74, 6) is -1.06. The maximum absolute atomic E-state index is 13.2. The highest BCUT2D eigenvalue weighted by Gasteiger charge is 2.15. The smallest absolute Gasteiger partial charge is 0.293 e. The third kappa shape index (κ3) is 2.89. The number of fused-ring (bicyclic) bond motifs is 2. The van der Waals surface area contributed by atoms with Crippen LogP contribution in [0.25, 0.3) is 21.2 Å². The molecule has 5 nitrogen and oxygen atoms in total. The molecule has 25 heavy (non-hydrogen) atoms. The number of nitrogens with zero attached hydrogens (tertiary/aromatic N) is 1. The zero-order valence-electron chi connectivity index (χ0n) is 13.0. The second-order valence-electron chi connectivity index (χ2n) is 5.56. The van der Waals surface area contributed by atoms with Gasteiger partial charge in [0.05, 0.1) is 15.6 Å². The van der Waals surface area contributed by atoms with E-state index in [0.717, 1.165) is 23.0 Å². The summed E-state index contributed by atoms with van der Waals surface area (Å²) in [4.78, 5) is 28.8. The number of hydrogen-bond donors (Lipinski definition) is 1. The van der Waals surface area contributed by atoms with Gasteiger partial charge >= 0.3 is 0 Å². The molecule has 0 saturated heterocycles. The van der Waals surface area contributed by atoms with Gasteiger partial charge in [0.15, 0.2) is 16.3 Å². The number of anilines is 1. The average Bonchev–Trinajstić information content (AvgIpc) is 2.95. The average molecular weight is 354 g/mol. The molecule has 0 aliphatic carbocycles. The fraction of sp³-hybridized carbons (Fsp3) is 0.0556. The number of nitrogens with one attached hydrogen (secondary N) is 1. The van der Waals surface area contributed by atoms with Gasteiger partial charge in [0.2, 0.25) is 0 Å². The highest BCUT2D eigenvalue weighted by molar-refractivity contribution is 7.22. The fourth-order valence-electron chi connectivity index (χ4n) is 2.48. The number of benzene rings is 2. The van der Waals surface area contributed by atoms with Gasteiger partial charge in [-0.05, 0) is 42.8 Å². The first kappa shape index (κ1) is 15.5. The van der Waals surface area contributed by atoms with Crippen molar-refractivity contribution in [2.24, 2.45) is 0 Å². The molecule has 1 amide bonds. The summed E-state index contributed by atoms with van der Waals surface area (Å²) in [5.41, 5.74) is 1.56. The number of halogens is 1. The van der Waals surface area contributed by atoms with Crippen molar-refractivity contribution in [2.45, 2.75) is 6.92 Å². The Morgan fingerprint density at radius 3 is 2.88 bits per heavy atom. The predicted octanol–water partition coefficient (Wildman–Crippen LogP) is 4.10. The van der Waals surface area contributed by atoms with Crippen molar-refractivity contribution in [2.75, 3.05) is 5.32 Å². The van der Waals surface area contributed by atoms with Crippen LogP contribution in [0.15, 0.2) is 51.7 Å². The van der Waals surface area contributed by atoms with Crippen LogP contribution in [0.5, 0.6) is 0 Å². The van der Waals surface area contributed by atoms with Gasteiger partial charge < -0.3 is 4.42 Å². The molecule has 0 spiro atoms. The van der Waals surface area contributed by atoms with Crippen molar-refractivity contribution in [3.63, 3.8) is 0 Å². The molecule has 0 radical (unpaired) electrons. The Morgan fingerprint density at radius 1 is 1.20 bits per heavy atom. The molecule has 0 unspecified atom stereocenters. The number of hydrogen-bond acceptors (Lipinski definition) is 5. The minimum Gasteiger partial charge on any atom is -0.451 e. The first-order valence-corrected chi connectivity index (χ1v) is 8.23. The Hall–Kier alpha value is -3.06. The van der Waals surface area contributed by atoms with Crippen molar-refractivity contribution >= 4 is 43.6 Å². The molecule has 7 heteroatoms. The van der Waals surface area contributed by atoms with E-state index in [-0.39, 0.29) is 17.0 Å². The Kier molecular flexibility index (Phi) is 3.58. The lowest BCUT2D eigenvalue weighted by Crippen LogP contribution is -2.14. The number of aromatic nitrogens is 1. The summed E-state index contributed by atoms with van der Waals surface area (Å²) >= 11 is 1.14. The minimum absolute atomic E-state index is 0.103.